The molecule has 2 N–H and O–H groups in total. The van der Waals surface area contributed by atoms with E-state index in [0.29, 0.717) is 52.9 Å². The third-order valence-electron chi connectivity index (χ3n) is 5.85. The second-order valence-corrected chi connectivity index (χ2v) is 8.29. The lowest BCUT2D eigenvalue weighted by Gasteiger charge is -2.16. The number of aromatic nitrogens is 2. The van der Waals surface area contributed by atoms with Crippen molar-refractivity contribution in [3.63, 3.8) is 0 Å². The molecule has 0 aliphatic carbocycles. The molecule has 0 saturated carbocycles. The van der Waals surface area contributed by atoms with Crippen LogP contribution in [0.3, 0.4) is 0 Å². The molecule has 5 rings (SSSR count). The molecule has 0 unspecified atom stereocenters. The first kappa shape index (κ1) is 24.3. The van der Waals surface area contributed by atoms with E-state index in [1.54, 1.807) is 53.4 Å². The zero-order valence-corrected chi connectivity index (χ0v) is 18.8. The molecule has 1 fully saturated rings. The van der Waals surface area contributed by atoms with E-state index in [1.165, 1.54) is 0 Å². The molecule has 0 radical (unpaired) electrons. The number of nitrogens with one attached hydrogen (secondary N) is 2. The van der Waals surface area contributed by atoms with E-state index in [0.717, 1.165) is 0 Å². The van der Waals surface area contributed by atoms with Gasteiger partial charge < -0.3 is 10.6 Å². The summed E-state index contributed by atoms with van der Waals surface area (Å²) in [5.41, 5.74) is -1.49. The number of benzene rings is 3. The van der Waals surface area contributed by atoms with E-state index >= 15 is 0 Å². The Morgan fingerprint density at radius 3 is 2.00 bits per heavy atom. The molecule has 1 aliphatic rings. The Bertz CT molecular complexity index is 1450. The van der Waals surface area contributed by atoms with E-state index in [2.05, 4.69) is 20.8 Å². The molecule has 2 heterocycles. The Balaban J connectivity index is 1.53. The first-order valence-electron chi connectivity index (χ1n) is 11.0. The minimum Gasteiger partial charge on any atom is -0.338 e. The van der Waals surface area contributed by atoms with Gasteiger partial charge in [-0.15, -0.1) is 10.2 Å². The number of halogens is 6. The molecular weight excluding hydrogens is 500 g/mol. The number of hydrogen-bond acceptors (Lipinski definition) is 4. The van der Waals surface area contributed by atoms with Crippen LogP contribution in [0.15, 0.2) is 66.7 Å². The third-order valence-corrected chi connectivity index (χ3v) is 5.85. The zero-order valence-electron chi connectivity index (χ0n) is 18.8. The number of alkyl halides is 6. The maximum absolute atomic E-state index is 13.3. The normalized spacial score (nSPS) is 14.2. The minimum absolute atomic E-state index is 0.00263. The van der Waals surface area contributed by atoms with Crippen LogP contribution in [0, 0.1) is 0 Å². The van der Waals surface area contributed by atoms with Crippen molar-refractivity contribution in [3.8, 4) is 11.3 Å². The highest BCUT2D eigenvalue weighted by atomic mass is 19.4. The summed E-state index contributed by atoms with van der Waals surface area (Å²) in [5.74, 6) is -0.00263. The largest absolute Gasteiger partial charge is 0.416 e. The van der Waals surface area contributed by atoms with Crippen LogP contribution in [0.4, 0.5) is 48.3 Å². The van der Waals surface area contributed by atoms with Crippen molar-refractivity contribution in [2.24, 2.45) is 0 Å². The van der Waals surface area contributed by atoms with Gasteiger partial charge in [-0.05, 0) is 30.3 Å². The van der Waals surface area contributed by atoms with Crippen LogP contribution in [0.5, 0.6) is 0 Å². The van der Waals surface area contributed by atoms with Gasteiger partial charge in [0.2, 0.25) is 0 Å². The van der Waals surface area contributed by atoms with Crippen LogP contribution in [0.25, 0.3) is 22.0 Å². The number of hydrogen-bond donors (Lipinski definition) is 2. The van der Waals surface area contributed by atoms with Gasteiger partial charge in [0, 0.05) is 40.8 Å². The highest BCUT2D eigenvalue weighted by Gasteiger charge is 2.37. The monoisotopic (exact) mass is 517 g/mol. The summed E-state index contributed by atoms with van der Waals surface area (Å²) in [7, 11) is 0. The second-order valence-electron chi connectivity index (χ2n) is 8.29. The van der Waals surface area contributed by atoms with Gasteiger partial charge in [-0.3, -0.25) is 4.90 Å². The van der Waals surface area contributed by atoms with Crippen molar-refractivity contribution in [1.29, 1.82) is 0 Å². The molecule has 37 heavy (non-hydrogen) atoms. The molecule has 3 aromatic carbocycles. The molecular formula is C25H17F6N5O. The third kappa shape index (κ3) is 4.86. The van der Waals surface area contributed by atoms with Gasteiger partial charge >= 0.3 is 18.4 Å². The molecule has 6 nitrogen and oxygen atoms in total. The van der Waals surface area contributed by atoms with Crippen LogP contribution >= 0.6 is 0 Å². The Morgan fingerprint density at radius 2 is 1.43 bits per heavy atom. The van der Waals surface area contributed by atoms with Crippen LogP contribution < -0.4 is 15.5 Å². The first-order chi connectivity index (χ1) is 17.5. The number of anilines is 3. The first-order valence-corrected chi connectivity index (χ1v) is 11.0. The molecule has 1 aliphatic heterocycles. The zero-order chi connectivity index (χ0) is 26.4. The molecule has 0 spiro atoms. The topological polar surface area (TPSA) is 70.2 Å². The van der Waals surface area contributed by atoms with Gasteiger partial charge in [0.1, 0.15) is 5.69 Å². The molecule has 1 aromatic heterocycles. The summed E-state index contributed by atoms with van der Waals surface area (Å²) >= 11 is 0. The Hall–Kier alpha value is -4.35. The number of carbonyl (C=O) groups excluding carboxylic acids is 1. The average Bonchev–Trinajstić information content (AvgIpc) is 3.29. The Labute approximate surface area is 205 Å². The lowest BCUT2D eigenvalue weighted by molar-refractivity contribution is -0.143. The van der Waals surface area contributed by atoms with Crippen molar-refractivity contribution in [2.75, 3.05) is 23.3 Å². The van der Waals surface area contributed by atoms with Gasteiger partial charge in [-0.25, -0.2) is 4.79 Å². The smallest absolute Gasteiger partial charge is 0.338 e. The summed E-state index contributed by atoms with van der Waals surface area (Å²) < 4.78 is 79.6. The molecule has 0 atom stereocenters. The molecule has 2 amide bonds. The number of rotatable bonds is 4. The van der Waals surface area contributed by atoms with Crippen molar-refractivity contribution >= 4 is 34.0 Å². The summed E-state index contributed by atoms with van der Waals surface area (Å²) in [4.78, 5) is 13.5. The Kier molecular flexibility index (Phi) is 5.89. The van der Waals surface area contributed by atoms with Gasteiger partial charge in [0.15, 0.2) is 5.82 Å². The average molecular weight is 517 g/mol. The van der Waals surface area contributed by atoms with Crippen molar-refractivity contribution < 1.29 is 31.1 Å². The highest BCUT2D eigenvalue weighted by molar-refractivity contribution is 6.01. The molecule has 0 bridgehead atoms. The van der Waals surface area contributed by atoms with Crippen LogP contribution in [0.2, 0.25) is 0 Å². The predicted molar refractivity (Wildman–Crippen MR) is 125 cm³/mol. The van der Waals surface area contributed by atoms with Gasteiger partial charge in [0.05, 0.1) is 11.1 Å². The van der Waals surface area contributed by atoms with Crippen LogP contribution in [-0.4, -0.2) is 29.3 Å². The van der Waals surface area contributed by atoms with Crippen LogP contribution in [-0.2, 0) is 12.4 Å². The fourth-order valence-electron chi connectivity index (χ4n) is 4.09. The molecule has 1 saturated heterocycles. The fraction of sp³-hybridized carbons (Fsp3) is 0.160. The van der Waals surface area contributed by atoms with Gasteiger partial charge in [-0.1, -0.05) is 36.4 Å². The summed E-state index contributed by atoms with van der Waals surface area (Å²) in [6.45, 7) is 1.08. The Morgan fingerprint density at radius 1 is 0.811 bits per heavy atom. The van der Waals surface area contributed by atoms with Crippen molar-refractivity contribution in [1.82, 2.24) is 15.5 Å². The maximum atomic E-state index is 13.3. The van der Waals surface area contributed by atoms with E-state index in [9.17, 15) is 31.1 Å². The predicted octanol–water partition coefficient (Wildman–Crippen LogP) is 6.61. The van der Waals surface area contributed by atoms with Crippen LogP contribution in [0.1, 0.15) is 11.1 Å². The van der Waals surface area contributed by atoms with Gasteiger partial charge in [-0.2, -0.15) is 26.3 Å². The quantitative estimate of drug-likeness (QED) is 0.299. The highest BCUT2D eigenvalue weighted by Crippen LogP contribution is 2.39. The summed E-state index contributed by atoms with van der Waals surface area (Å²) in [5, 5.41) is 14.6. The van der Waals surface area contributed by atoms with E-state index in [-0.39, 0.29) is 17.9 Å². The lowest BCUT2D eigenvalue weighted by Crippen LogP contribution is -2.27. The minimum atomic E-state index is -4.97. The number of amides is 2. The van der Waals surface area contributed by atoms with E-state index in [4.69, 9.17) is 0 Å². The molecule has 4 aromatic rings. The lowest BCUT2D eigenvalue weighted by atomic mass is 10.0. The fourth-order valence-corrected chi connectivity index (χ4v) is 4.09. The maximum Gasteiger partial charge on any atom is 0.416 e. The number of nitrogens with zero attached hydrogens (tertiary/aromatic N) is 3. The van der Waals surface area contributed by atoms with E-state index < -0.39 is 29.2 Å². The summed E-state index contributed by atoms with van der Waals surface area (Å²) in [6, 6.07) is 14.8. The van der Waals surface area contributed by atoms with Crippen molar-refractivity contribution in [2.45, 2.75) is 12.4 Å². The number of carbonyl (C=O) groups is 1. The standard InChI is InChI=1S/C25H17F6N5O/c26-24(27,28)15-11-16(25(29,30)31)13-17(12-15)33-22-20-4-2-1-3-19(20)21(34-35-22)14-5-7-18(8-6-14)36-10-9-32-23(36)37/h1-8,11-13H,9-10H2,(H,32,37)(H,33,35). The second kappa shape index (κ2) is 8.95. The number of fused-ring (bicyclic) bond motifs is 1. The van der Waals surface area contributed by atoms with Crippen molar-refractivity contribution in [3.05, 3.63) is 77.9 Å². The number of urea groups is 1. The van der Waals surface area contributed by atoms with E-state index in [1.807, 2.05) is 0 Å². The van der Waals surface area contributed by atoms with Gasteiger partial charge in [0.25, 0.3) is 0 Å². The molecule has 190 valence electrons. The molecule has 12 heteroatoms. The summed E-state index contributed by atoms with van der Waals surface area (Å²) in [6.07, 6.45) is -9.95. The SMILES string of the molecule is O=C1NCCN1c1ccc(-c2nnc(Nc3cc(C(F)(F)F)cc(C(F)(F)F)c3)c3ccccc23)cc1.